The zero-order valence-corrected chi connectivity index (χ0v) is 24.5. The molecular formula is C31H35N7O2S. The maximum absolute atomic E-state index is 14.0. The van der Waals surface area contributed by atoms with E-state index in [2.05, 4.69) is 52.7 Å². The summed E-state index contributed by atoms with van der Waals surface area (Å²) in [5.74, 6) is 1.50. The molecule has 41 heavy (non-hydrogen) atoms. The highest BCUT2D eigenvalue weighted by Crippen LogP contribution is 2.47. The van der Waals surface area contributed by atoms with Crippen molar-refractivity contribution in [2.24, 2.45) is 7.05 Å². The van der Waals surface area contributed by atoms with E-state index < -0.39 is 0 Å². The van der Waals surface area contributed by atoms with E-state index in [4.69, 9.17) is 4.98 Å². The Labute approximate surface area is 243 Å². The van der Waals surface area contributed by atoms with Crippen molar-refractivity contribution in [2.45, 2.75) is 30.7 Å². The van der Waals surface area contributed by atoms with Crippen molar-refractivity contribution in [1.82, 2.24) is 29.1 Å². The Morgan fingerprint density at radius 2 is 1.90 bits per heavy atom. The molecule has 9 nitrogen and oxygen atoms in total. The van der Waals surface area contributed by atoms with E-state index in [1.807, 2.05) is 34.3 Å². The van der Waals surface area contributed by atoms with Gasteiger partial charge in [-0.15, -0.1) is 11.8 Å². The fourth-order valence-electron chi connectivity index (χ4n) is 6.90. The third-order valence-corrected chi connectivity index (χ3v) is 10.1. The summed E-state index contributed by atoms with van der Waals surface area (Å²) in [7, 11) is 1.99. The highest BCUT2D eigenvalue weighted by atomic mass is 32.2. The lowest BCUT2D eigenvalue weighted by atomic mass is 9.95. The molecule has 0 saturated carbocycles. The van der Waals surface area contributed by atoms with E-state index in [0.717, 1.165) is 69.0 Å². The predicted molar refractivity (Wildman–Crippen MR) is 165 cm³/mol. The minimum absolute atomic E-state index is 0.0550. The molecule has 3 aliphatic heterocycles. The fourth-order valence-corrected chi connectivity index (χ4v) is 8.27. The first-order chi connectivity index (χ1) is 19.9. The number of fused-ring (bicyclic) bond motifs is 1. The molecule has 5 heterocycles. The molecule has 0 bridgehead atoms. The molecule has 0 radical (unpaired) electrons. The normalized spacial score (nSPS) is 19.4. The number of aromatic nitrogens is 4. The van der Waals surface area contributed by atoms with Crippen LogP contribution in [0.4, 0.5) is 5.82 Å². The number of piperazine rings is 1. The number of aryl methyl sites for hydroxylation is 2. The first-order valence-corrected chi connectivity index (χ1v) is 15.5. The Morgan fingerprint density at radius 3 is 2.66 bits per heavy atom. The molecule has 2 fully saturated rings. The quantitative estimate of drug-likeness (QED) is 0.338. The zero-order chi connectivity index (χ0) is 28.2. The molecule has 1 amide bonds. The summed E-state index contributed by atoms with van der Waals surface area (Å²) < 4.78 is 3.94. The fraction of sp³-hybridized carbons (Fsp3) is 0.419. The Bertz CT molecular complexity index is 1750. The first kappa shape index (κ1) is 26.3. The van der Waals surface area contributed by atoms with Crippen LogP contribution in [0.1, 0.15) is 24.4 Å². The smallest absolute Gasteiger partial charge is 0.350 e. The summed E-state index contributed by atoms with van der Waals surface area (Å²) in [5.41, 5.74) is 5.36. The standard InChI is InChI=1S/C31H35N7O2S/c1-4-25(39)36-12-14-37(15-13-36)30-24-16-20(2)26(23-9-7-8-21-17-32-34(3)27(21)23)29-28(24)38(31(40)33-30)22(19-41-29)18-35-10-5-6-11-35/h4,7-9,16-17,22H,1,5-6,10-15,18-19H2,2-3H3. The van der Waals surface area contributed by atoms with Crippen LogP contribution in [-0.2, 0) is 11.8 Å². The van der Waals surface area contributed by atoms with Crippen molar-refractivity contribution in [3.05, 3.63) is 59.2 Å². The molecule has 2 saturated heterocycles. The van der Waals surface area contributed by atoms with Gasteiger partial charge in [-0.05, 0) is 50.6 Å². The van der Waals surface area contributed by atoms with Gasteiger partial charge in [0.2, 0.25) is 5.91 Å². The van der Waals surface area contributed by atoms with Crippen LogP contribution in [0.2, 0.25) is 0 Å². The summed E-state index contributed by atoms with van der Waals surface area (Å²) in [6.07, 6.45) is 5.72. The SMILES string of the molecule is C=CC(=O)N1CCN(c2nc(=O)n3c4c(c(-c5cccc6cnn(C)c56)c(C)cc24)SCC3CN2CCCC2)CC1. The van der Waals surface area contributed by atoms with E-state index in [9.17, 15) is 9.59 Å². The first-order valence-electron chi connectivity index (χ1n) is 14.5. The lowest BCUT2D eigenvalue weighted by Gasteiger charge is -2.37. The largest absolute Gasteiger partial charge is 0.352 e. The molecule has 212 valence electrons. The van der Waals surface area contributed by atoms with Crippen LogP contribution in [0, 0.1) is 6.92 Å². The number of benzene rings is 2. The minimum Gasteiger partial charge on any atom is -0.352 e. The molecule has 2 aromatic heterocycles. The van der Waals surface area contributed by atoms with E-state index in [-0.39, 0.29) is 17.6 Å². The molecule has 3 aliphatic rings. The molecule has 1 unspecified atom stereocenters. The van der Waals surface area contributed by atoms with Crippen molar-refractivity contribution in [2.75, 3.05) is 56.5 Å². The van der Waals surface area contributed by atoms with Gasteiger partial charge in [0.05, 0.1) is 23.3 Å². The second-order valence-electron chi connectivity index (χ2n) is 11.4. The second kappa shape index (κ2) is 10.3. The van der Waals surface area contributed by atoms with Gasteiger partial charge in [0.25, 0.3) is 0 Å². The maximum Gasteiger partial charge on any atom is 0.350 e. The Hall–Kier alpha value is -3.63. The van der Waals surface area contributed by atoms with Gasteiger partial charge >= 0.3 is 5.69 Å². The van der Waals surface area contributed by atoms with Gasteiger partial charge < -0.3 is 14.7 Å². The average molecular weight is 570 g/mol. The van der Waals surface area contributed by atoms with Gasteiger partial charge in [-0.25, -0.2) is 4.79 Å². The number of para-hydroxylation sites is 1. The van der Waals surface area contributed by atoms with Gasteiger partial charge in [-0.3, -0.25) is 14.0 Å². The summed E-state index contributed by atoms with van der Waals surface area (Å²) in [5, 5.41) is 6.66. The Kier molecular flexibility index (Phi) is 6.62. The number of likely N-dealkylation sites (tertiary alicyclic amines) is 1. The van der Waals surface area contributed by atoms with Gasteiger partial charge in [0.1, 0.15) is 5.82 Å². The van der Waals surface area contributed by atoms with Gasteiger partial charge in [0, 0.05) is 72.3 Å². The average Bonchev–Trinajstić information content (AvgIpc) is 3.64. The van der Waals surface area contributed by atoms with Crippen LogP contribution >= 0.6 is 11.8 Å². The van der Waals surface area contributed by atoms with Crippen LogP contribution in [0.15, 0.2) is 52.8 Å². The monoisotopic (exact) mass is 569 g/mol. The number of nitrogens with zero attached hydrogens (tertiary/aromatic N) is 7. The van der Waals surface area contributed by atoms with Crippen molar-refractivity contribution >= 4 is 45.3 Å². The topological polar surface area (TPSA) is 79.5 Å². The molecule has 0 N–H and O–H groups in total. The van der Waals surface area contributed by atoms with E-state index in [1.54, 1.807) is 4.90 Å². The van der Waals surface area contributed by atoms with Crippen molar-refractivity contribution < 1.29 is 4.79 Å². The lowest BCUT2D eigenvalue weighted by molar-refractivity contribution is -0.126. The summed E-state index contributed by atoms with van der Waals surface area (Å²) >= 11 is 1.87. The number of anilines is 1. The number of rotatable bonds is 5. The second-order valence-corrected chi connectivity index (χ2v) is 12.4. The Morgan fingerprint density at radius 1 is 1.12 bits per heavy atom. The van der Waals surface area contributed by atoms with Crippen molar-refractivity contribution in [3.63, 3.8) is 0 Å². The molecule has 4 aromatic rings. The van der Waals surface area contributed by atoms with Crippen LogP contribution < -0.4 is 10.6 Å². The highest BCUT2D eigenvalue weighted by molar-refractivity contribution is 7.99. The predicted octanol–water partition coefficient (Wildman–Crippen LogP) is 3.84. The van der Waals surface area contributed by atoms with Gasteiger partial charge in [-0.2, -0.15) is 10.1 Å². The maximum atomic E-state index is 14.0. The molecule has 10 heteroatoms. The number of thioether (sulfide) groups is 1. The van der Waals surface area contributed by atoms with Crippen LogP contribution in [0.5, 0.6) is 0 Å². The summed E-state index contributed by atoms with van der Waals surface area (Å²) in [6.45, 7) is 11.3. The molecule has 0 spiro atoms. The van der Waals surface area contributed by atoms with Gasteiger partial charge in [0.15, 0.2) is 0 Å². The molecule has 1 atom stereocenters. The number of carbonyl (C=O) groups is 1. The number of hydrogen-bond donors (Lipinski definition) is 0. The van der Waals surface area contributed by atoms with Crippen molar-refractivity contribution in [1.29, 1.82) is 0 Å². The molecule has 0 aliphatic carbocycles. The van der Waals surface area contributed by atoms with Crippen LogP contribution in [0.25, 0.3) is 32.9 Å². The minimum atomic E-state index is -0.184. The third-order valence-electron chi connectivity index (χ3n) is 8.89. The number of amides is 1. The van der Waals surface area contributed by atoms with E-state index in [1.165, 1.54) is 24.5 Å². The van der Waals surface area contributed by atoms with Crippen LogP contribution in [0.3, 0.4) is 0 Å². The van der Waals surface area contributed by atoms with Crippen LogP contribution in [-0.4, -0.2) is 86.6 Å². The molecular weight excluding hydrogens is 534 g/mol. The lowest BCUT2D eigenvalue weighted by Crippen LogP contribution is -2.49. The molecule has 7 rings (SSSR count). The zero-order valence-electron chi connectivity index (χ0n) is 23.7. The van der Waals surface area contributed by atoms with E-state index >= 15 is 0 Å². The number of hydrogen-bond acceptors (Lipinski definition) is 7. The van der Waals surface area contributed by atoms with Crippen molar-refractivity contribution in [3.8, 4) is 11.1 Å². The summed E-state index contributed by atoms with van der Waals surface area (Å²) in [4.78, 5) is 38.6. The van der Waals surface area contributed by atoms with E-state index in [0.29, 0.717) is 26.2 Å². The number of carbonyl (C=O) groups excluding carboxylic acids is 1. The van der Waals surface area contributed by atoms with Gasteiger partial charge in [-0.1, -0.05) is 24.8 Å². The highest BCUT2D eigenvalue weighted by Gasteiger charge is 2.32. The summed E-state index contributed by atoms with van der Waals surface area (Å²) in [6, 6.07) is 8.65. The molecule has 2 aromatic carbocycles. The Balaban J connectivity index is 1.43. The third kappa shape index (κ3) is 4.35.